The van der Waals surface area contributed by atoms with Crippen molar-refractivity contribution in [2.75, 3.05) is 25.5 Å². The second-order valence-corrected chi connectivity index (χ2v) is 5.72. The van der Waals surface area contributed by atoms with E-state index in [0.29, 0.717) is 6.04 Å². The first kappa shape index (κ1) is 13.3. The van der Waals surface area contributed by atoms with Crippen LogP contribution < -0.4 is 5.32 Å². The number of aryl methyl sites for hydroxylation is 1. The molecule has 1 aliphatic rings. The first-order chi connectivity index (χ1) is 8.61. The standard InChI is InChI=1S/C15H25N3/c1-11(2)10-18-7-5-6-14(18)13-9-17-15(16-4)8-12(13)3/h8-9,11,14H,5-7,10H2,1-4H3,(H,16,17)/t14-/m0/s1. The maximum absolute atomic E-state index is 4.48. The number of aromatic nitrogens is 1. The molecule has 0 aromatic carbocycles. The summed E-state index contributed by atoms with van der Waals surface area (Å²) < 4.78 is 0. The van der Waals surface area contributed by atoms with Crippen LogP contribution in [0.4, 0.5) is 5.82 Å². The van der Waals surface area contributed by atoms with Crippen LogP contribution in [0.2, 0.25) is 0 Å². The molecule has 1 saturated heterocycles. The highest BCUT2D eigenvalue weighted by Gasteiger charge is 2.27. The minimum absolute atomic E-state index is 0.575. The molecule has 0 saturated carbocycles. The fourth-order valence-electron chi connectivity index (χ4n) is 2.92. The molecular weight excluding hydrogens is 222 g/mol. The van der Waals surface area contributed by atoms with E-state index in [9.17, 15) is 0 Å². The Balaban J connectivity index is 2.19. The monoisotopic (exact) mass is 247 g/mol. The van der Waals surface area contributed by atoms with E-state index >= 15 is 0 Å². The van der Waals surface area contributed by atoms with Crippen LogP contribution in [0.1, 0.15) is 43.9 Å². The van der Waals surface area contributed by atoms with Crippen molar-refractivity contribution < 1.29 is 0 Å². The average Bonchev–Trinajstić information content (AvgIpc) is 2.76. The van der Waals surface area contributed by atoms with Gasteiger partial charge in [-0.05, 0) is 49.4 Å². The summed E-state index contributed by atoms with van der Waals surface area (Å²) in [6, 6.07) is 2.73. The van der Waals surface area contributed by atoms with Crippen LogP contribution in [0, 0.1) is 12.8 Å². The molecule has 2 heterocycles. The predicted molar refractivity (Wildman–Crippen MR) is 76.9 cm³/mol. The summed E-state index contributed by atoms with van der Waals surface area (Å²) >= 11 is 0. The van der Waals surface area contributed by atoms with E-state index < -0.39 is 0 Å². The number of likely N-dealkylation sites (tertiary alicyclic amines) is 1. The van der Waals surface area contributed by atoms with Gasteiger partial charge < -0.3 is 5.32 Å². The van der Waals surface area contributed by atoms with Gasteiger partial charge in [-0.25, -0.2) is 4.98 Å². The summed E-state index contributed by atoms with van der Waals surface area (Å²) in [4.78, 5) is 7.10. The first-order valence-corrected chi connectivity index (χ1v) is 7.00. The second-order valence-electron chi connectivity index (χ2n) is 5.72. The molecule has 0 amide bonds. The molecule has 1 N–H and O–H groups in total. The van der Waals surface area contributed by atoms with Crippen molar-refractivity contribution in [3.63, 3.8) is 0 Å². The van der Waals surface area contributed by atoms with Crippen molar-refractivity contribution in [3.8, 4) is 0 Å². The van der Waals surface area contributed by atoms with E-state index in [2.05, 4.69) is 48.2 Å². The van der Waals surface area contributed by atoms with Gasteiger partial charge in [-0.15, -0.1) is 0 Å². The number of hydrogen-bond acceptors (Lipinski definition) is 3. The molecular formula is C15H25N3. The molecule has 18 heavy (non-hydrogen) atoms. The van der Waals surface area contributed by atoms with E-state index in [1.807, 2.05) is 7.05 Å². The normalized spacial score (nSPS) is 20.6. The summed E-state index contributed by atoms with van der Waals surface area (Å²) in [6.45, 7) is 9.22. The van der Waals surface area contributed by atoms with Gasteiger partial charge in [-0.2, -0.15) is 0 Å². The van der Waals surface area contributed by atoms with Crippen LogP contribution in [0.5, 0.6) is 0 Å². The Morgan fingerprint density at radius 2 is 2.28 bits per heavy atom. The smallest absolute Gasteiger partial charge is 0.125 e. The third-order valence-corrected chi connectivity index (χ3v) is 3.73. The molecule has 1 aromatic heterocycles. The lowest BCUT2D eigenvalue weighted by molar-refractivity contribution is 0.228. The van der Waals surface area contributed by atoms with Crippen LogP contribution in [0.25, 0.3) is 0 Å². The molecule has 1 fully saturated rings. The summed E-state index contributed by atoms with van der Waals surface area (Å²) in [6.07, 6.45) is 4.64. The van der Waals surface area contributed by atoms with Crippen LogP contribution >= 0.6 is 0 Å². The highest BCUT2D eigenvalue weighted by molar-refractivity contribution is 5.41. The van der Waals surface area contributed by atoms with E-state index in [1.165, 1.54) is 37.1 Å². The molecule has 3 heteroatoms. The molecule has 1 aliphatic heterocycles. The van der Waals surface area contributed by atoms with Gasteiger partial charge in [0.15, 0.2) is 0 Å². The maximum atomic E-state index is 4.48. The van der Waals surface area contributed by atoms with E-state index in [1.54, 1.807) is 0 Å². The van der Waals surface area contributed by atoms with Crippen molar-refractivity contribution in [1.82, 2.24) is 9.88 Å². The first-order valence-electron chi connectivity index (χ1n) is 7.00. The van der Waals surface area contributed by atoms with Gasteiger partial charge >= 0.3 is 0 Å². The zero-order chi connectivity index (χ0) is 13.1. The lowest BCUT2D eigenvalue weighted by Gasteiger charge is -2.27. The number of pyridine rings is 1. The lowest BCUT2D eigenvalue weighted by Crippen LogP contribution is -2.27. The van der Waals surface area contributed by atoms with Gasteiger partial charge in [0, 0.05) is 25.8 Å². The van der Waals surface area contributed by atoms with Crippen molar-refractivity contribution in [3.05, 3.63) is 23.4 Å². The van der Waals surface area contributed by atoms with Crippen molar-refractivity contribution in [1.29, 1.82) is 0 Å². The van der Waals surface area contributed by atoms with Gasteiger partial charge in [0.1, 0.15) is 5.82 Å². The summed E-state index contributed by atoms with van der Waals surface area (Å²) in [5.41, 5.74) is 2.77. The Hall–Kier alpha value is -1.09. The number of hydrogen-bond donors (Lipinski definition) is 1. The molecule has 0 aliphatic carbocycles. The SMILES string of the molecule is CNc1cc(C)c([C@@H]2CCCN2CC(C)C)cn1. The molecule has 1 atom stereocenters. The molecule has 0 bridgehead atoms. The molecule has 2 rings (SSSR count). The molecule has 1 aromatic rings. The summed E-state index contributed by atoms with van der Waals surface area (Å²) in [5.74, 6) is 1.69. The minimum Gasteiger partial charge on any atom is -0.373 e. The number of anilines is 1. The van der Waals surface area contributed by atoms with Gasteiger partial charge in [0.2, 0.25) is 0 Å². The Morgan fingerprint density at radius 3 is 2.89 bits per heavy atom. The summed E-state index contributed by atoms with van der Waals surface area (Å²) in [7, 11) is 1.92. The van der Waals surface area contributed by atoms with Crippen molar-refractivity contribution in [2.45, 2.75) is 39.7 Å². The highest BCUT2D eigenvalue weighted by atomic mass is 15.2. The zero-order valence-corrected chi connectivity index (χ0v) is 12.0. The lowest BCUT2D eigenvalue weighted by atomic mass is 10.0. The van der Waals surface area contributed by atoms with E-state index in [0.717, 1.165) is 11.7 Å². The predicted octanol–water partition coefficient (Wildman–Crippen LogP) is 3.22. The topological polar surface area (TPSA) is 28.2 Å². The van der Waals surface area contributed by atoms with E-state index in [4.69, 9.17) is 0 Å². The summed E-state index contributed by atoms with van der Waals surface area (Å²) in [5, 5.41) is 3.10. The number of rotatable bonds is 4. The van der Waals surface area contributed by atoms with E-state index in [-0.39, 0.29) is 0 Å². The third kappa shape index (κ3) is 2.83. The van der Waals surface area contributed by atoms with Crippen LogP contribution in [0.3, 0.4) is 0 Å². The maximum Gasteiger partial charge on any atom is 0.125 e. The molecule has 3 nitrogen and oxygen atoms in total. The average molecular weight is 247 g/mol. The van der Waals surface area contributed by atoms with Crippen LogP contribution in [-0.4, -0.2) is 30.0 Å². The second kappa shape index (κ2) is 5.70. The Kier molecular flexibility index (Phi) is 4.23. The Bertz CT molecular complexity index is 401. The quantitative estimate of drug-likeness (QED) is 0.885. The fraction of sp³-hybridized carbons (Fsp3) is 0.667. The number of nitrogens with one attached hydrogen (secondary N) is 1. The molecule has 0 spiro atoms. The third-order valence-electron chi connectivity index (χ3n) is 3.73. The minimum atomic E-state index is 0.575. The molecule has 100 valence electrons. The largest absolute Gasteiger partial charge is 0.373 e. The van der Waals surface area contributed by atoms with Crippen LogP contribution in [0.15, 0.2) is 12.3 Å². The zero-order valence-electron chi connectivity index (χ0n) is 12.0. The molecule has 0 unspecified atom stereocenters. The van der Waals surface area contributed by atoms with Gasteiger partial charge in [-0.1, -0.05) is 13.8 Å². The molecule has 0 radical (unpaired) electrons. The number of nitrogens with zero attached hydrogens (tertiary/aromatic N) is 2. The van der Waals surface area contributed by atoms with Gasteiger partial charge in [0.05, 0.1) is 0 Å². The fourth-order valence-corrected chi connectivity index (χ4v) is 2.92. The van der Waals surface area contributed by atoms with Crippen molar-refractivity contribution in [2.24, 2.45) is 5.92 Å². The highest BCUT2D eigenvalue weighted by Crippen LogP contribution is 2.34. The van der Waals surface area contributed by atoms with Gasteiger partial charge in [-0.3, -0.25) is 4.90 Å². The Morgan fingerprint density at radius 1 is 1.50 bits per heavy atom. The Labute approximate surface area is 111 Å². The van der Waals surface area contributed by atoms with Crippen LogP contribution in [-0.2, 0) is 0 Å². The van der Waals surface area contributed by atoms with Gasteiger partial charge in [0.25, 0.3) is 0 Å². The van der Waals surface area contributed by atoms with Crippen molar-refractivity contribution >= 4 is 5.82 Å².